The van der Waals surface area contributed by atoms with Gasteiger partial charge in [-0.15, -0.1) is 0 Å². The van der Waals surface area contributed by atoms with Crippen LogP contribution in [0.4, 0.5) is 5.69 Å². The van der Waals surface area contributed by atoms with Gasteiger partial charge in [-0.05, 0) is 30.3 Å². The van der Waals surface area contributed by atoms with Gasteiger partial charge in [-0.25, -0.2) is 0 Å². The average molecular weight is 280 g/mol. The zero-order valence-electron chi connectivity index (χ0n) is 11.7. The van der Waals surface area contributed by atoms with E-state index in [1.54, 1.807) is 19.4 Å². The Morgan fingerprint density at radius 2 is 1.95 bits per heavy atom. The molecule has 0 atom stereocenters. The Morgan fingerprint density at radius 3 is 2.76 bits per heavy atom. The van der Waals surface area contributed by atoms with Gasteiger partial charge in [-0.2, -0.15) is 0 Å². The number of nitrogen functional groups attached to an aromatic ring is 1. The molecule has 0 unspecified atom stereocenters. The minimum absolute atomic E-state index is 0.0291. The summed E-state index contributed by atoms with van der Waals surface area (Å²) >= 11 is 0. The molecule has 0 fully saturated rings. The topological polar surface area (TPSA) is 57.2 Å². The van der Waals surface area contributed by atoms with Gasteiger partial charge in [0.05, 0.1) is 19.2 Å². The normalized spacial score (nSPS) is 10.7. The molecule has 4 nitrogen and oxygen atoms in total. The number of pyridine rings is 1. The Morgan fingerprint density at radius 1 is 1.14 bits per heavy atom. The quantitative estimate of drug-likeness (QED) is 0.750. The Labute approximate surface area is 122 Å². The maximum atomic E-state index is 11.9. The van der Waals surface area contributed by atoms with Gasteiger partial charge in [-0.3, -0.25) is 4.79 Å². The lowest BCUT2D eigenvalue weighted by molar-refractivity contribution is 0.408. The summed E-state index contributed by atoms with van der Waals surface area (Å²) < 4.78 is 7.40. The van der Waals surface area contributed by atoms with Crippen molar-refractivity contribution in [1.29, 1.82) is 0 Å². The van der Waals surface area contributed by atoms with E-state index in [-0.39, 0.29) is 5.43 Å². The standard InChI is InChI=1S/C17H16N2O2/c1-21-17-7-6-13(18)10-12(17)11-19-9-8-16(20)14-4-2-3-5-15(14)19/h2-10H,11,18H2,1H3. The lowest BCUT2D eigenvalue weighted by Crippen LogP contribution is -2.09. The number of benzene rings is 2. The fourth-order valence-electron chi connectivity index (χ4n) is 2.50. The predicted molar refractivity (Wildman–Crippen MR) is 84.7 cm³/mol. The first-order valence-electron chi connectivity index (χ1n) is 6.69. The molecular formula is C17H16N2O2. The van der Waals surface area contributed by atoms with Crippen LogP contribution >= 0.6 is 0 Å². The number of hydrogen-bond donors (Lipinski definition) is 1. The molecule has 0 saturated heterocycles. The third kappa shape index (κ3) is 2.48. The van der Waals surface area contributed by atoms with Gasteiger partial charge in [0, 0.05) is 28.9 Å². The van der Waals surface area contributed by atoms with Gasteiger partial charge in [0.25, 0.3) is 0 Å². The summed E-state index contributed by atoms with van der Waals surface area (Å²) in [4.78, 5) is 11.9. The third-order valence-corrected chi connectivity index (χ3v) is 3.53. The average Bonchev–Trinajstić information content (AvgIpc) is 2.51. The van der Waals surface area contributed by atoms with E-state index < -0.39 is 0 Å². The van der Waals surface area contributed by atoms with Crippen LogP contribution in [0.2, 0.25) is 0 Å². The van der Waals surface area contributed by atoms with Gasteiger partial charge < -0.3 is 15.0 Å². The Hall–Kier alpha value is -2.75. The summed E-state index contributed by atoms with van der Waals surface area (Å²) in [6, 6.07) is 14.7. The predicted octanol–water partition coefficient (Wildman–Crippen LogP) is 2.64. The number of aromatic nitrogens is 1. The van der Waals surface area contributed by atoms with Crippen molar-refractivity contribution < 1.29 is 4.74 Å². The highest BCUT2D eigenvalue weighted by atomic mass is 16.5. The summed E-state index contributed by atoms with van der Waals surface area (Å²) in [6.45, 7) is 0.592. The van der Waals surface area contributed by atoms with Crippen molar-refractivity contribution in [3.8, 4) is 5.75 Å². The first kappa shape index (κ1) is 13.2. The molecule has 106 valence electrons. The van der Waals surface area contributed by atoms with E-state index in [0.717, 1.165) is 16.8 Å². The second-order valence-electron chi connectivity index (χ2n) is 4.90. The molecule has 1 aromatic heterocycles. The van der Waals surface area contributed by atoms with Crippen molar-refractivity contribution in [1.82, 2.24) is 4.57 Å². The second kappa shape index (κ2) is 5.32. The molecular weight excluding hydrogens is 264 g/mol. The van der Waals surface area contributed by atoms with Crippen molar-refractivity contribution in [2.24, 2.45) is 0 Å². The van der Waals surface area contributed by atoms with Crippen LogP contribution in [0, 0.1) is 0 Å². The molecule has 2 aromatic carbocycles. The summed E-state index contributed by atoms with van der Waals surface area (Å²) in [5.74, 6) is 0.784. The summed E-state index contributed by atoms with van der Waals surface area (Å²) in [5, 5.41) is 0.711. The highest BCUT2D eigenvalue weighted by molar-refractivity contribution is 5.78. The number of hydrogen-bond acceptors (Lipinski definition) is 3. The van der Waals surface area contributed by atoms with Crippen molar-refractivity contribution >= 4 is 16.6 Å². The van der Waals surface area contributed by atoms with Crippen LogP contribution in [0.25, 0.3) is 10.9 Å². The molecule has 1 heterocycles. The lowest BCUT2D eigenvalue weighted by atomic mass is 10.1. The highest BCUT2D eigenvalue weighted by Crippen LogP contribution is 2.23. The van der Waals surface area contributed by atoms with E-state index in [0.29, 0.717) is 17.6 Å². The van der Waals surface area contributed by atoms with Crippen LogP contribution < -0.4 is 15.9 Å². The number of fused-ring (bicyclic) bond motifs is 1. The van der Waals surface area contributed by atoms with E-state index in [4.69, 9.17) is 10.5 Å². The van der Waals surface area contributed by atoms with E-state index in [9.17, 15) is 4.79 Å². The minimum Gasteiger partial charge on any atom is -0.496 e. The van der Waals surface area contributed by atoms with Crippen molar-refractivity contribution in [2.75, 3.05) is 12.8 Å². The highest BCUT2D eigenvalue weighted by Gasteiger charge is 2.07. The third-order valence-electron chi connectivity index (χ3n) is 3.53. The lowest BCUT2D eigenvalue weighted by Gasteiger charge is -2.14. The minimum atomic E-state index is 0.0291. The number of anilines is 1. The van der Waals surface area contributed by atoms with Gasteiger partial charge in [0.15, 0.2) is 5.43 Å². The number of rotatable bonds is 3. The molecule has 0 aliphatic carbocycles. The van der Waals surface area contributed by atoms with Crippen LogP contribution in [-0.2, 0) is 6.54 Å². The van der Waals surface area contributed by atoms with E-state index in [1.807, 2.05) is 47.0 Å². The number of ether oxygens (including phenoxy) is 1. The van der Waals surface area contributed by atoms with Crippen molar-refractivity contribution in [3.63, 3.8) is 0 Å². The molecule has 4 heteroatoms. The largest absolute Gasteiger partial charge is 0.496 e. The van der Waals surface area contributed by atoms with Crippen molar-refractivity contribution in [2.45, 2.75) is 6.54 Å². The van der Waals surface area contributed by atoms with Crippen LogP contribution in [0.5, 0.6) is 5.75 Å². The number of para-hydroxylation sites is 1. The molecule has 0 spiro atoms. The van der Waals surface area contributed by atoms with Gasteiger partial charge in [-0.1, -0.05) is 12.1 Å². The summed E-state index contributed by atoms with van der Waals surface area (Å²) in [7, 11) is 1.64. The molecule has 0 bridgehead atoms. The first-order chi connectivity index (χ1) is 10.2. The summed E-state index contributed by atoms with van der Waals surface area (Å²) in [6.07, 6.45) is 1.80. The number of methoxy groups -OCH3 is 1. The molecule has 0 amide bonds. The van der Waals surface area contributed by atoms with Crippen LogP contribution in [0.1, 0.15) is 5.56 Å². The fraction of sp³-hybridized carbons (Fsp3) is 0.118. The molecule has 0 radical (unpaired) electrons. The van der Waals surface area contributed by atoms with Gasteiger partial charge >= 0.3 is 0 Å². The van der Waals surface area contributed by atoms with Crippen molar-refractivity contribution in [3.05, 3.63) is 70.5 Å². The number of nitrogens with two attached hydrogens (primary N) is 1. The van der Waals surface area contributed by atoms with E-state index >= 15 is 0 Å². The maximum absolute atomic E-state index is 11.9. The molecule has 21 heavy (non-hydrogen) atoms. The molecule has 3 aromatic rings. The van der Waals surface area contributed by atoms with E-state index in [1.165, 1.54) is 0 Å². The van der Waals surface area contributed by atoms with Gasteiger partial charge in [0.1, 0.15) is 5.75 Å². The van der Waals surface area contributed by atoms with E-state index in [2.05, 4.69) is 0 Å². The number of nitrogens with zero attached hydrogens (tertiary/aromatic N) is 1. The molecule has 2 N–H and O–H groups in total. The second-order valence-corrected chi connectivity index (χ2v) is 4.90. The Kier molecular flexibility index (Phi) is 3.36. The Balaban J connectivity index is 2.13. The van der Waals surface area contributed by atoms with Crippen LogP contribution in [-0.4, -0.2) is 11.7 Å². The first-order valence-corrected chi connectivity index (χ1v) is 6.69. The monoisotopic (exact) mass is 280 g/mol. The van der Waals surface area contributed by atoms with Crippen LogP contribution in [0.3, 0.4) is 0 Å². The fourth-order valence-corrected chi connectivity index (χ4v) is 2.50. The molecule has 0 aliphatic rings. The molecule has 3 rings (SSSR count). The Bertz CT molecular complexity index is 853. The molecule has 0 saturated carbocycles. The smallest absolute Gasteiger partial charge is 0.189 e. The van der Waals surface area contributed by atoms with Gasteiger partial charge in [0.2, 0.25) is 0 Å². The SMILES string of the molecule is COc1ccc(N)cc1Cn1ccc(=O)c2ccccc21. The summed E-state index contributed by atoms with van der Waals surface area (Å²) in [5.41, 5.74) is 8.45. The molecule has 0 aliphatic heterocycles. The zero-order chi connectivity index (χ0) is 14.8. The maximum Gasteiger partial charge on any atom is 0.189 e. The zero-order valence-corrected chi connectivity index (χ0v) is 11.7. The van der Waals surface area contributed by atoms with Crippen LogP contribution in [0.15, 0.2) is 59.5 Å².